The van der Waals surface area contributed by atoms with Crippen molar-refractivity contribution in [2.45, 2.75) is 0 Å². The van der Waals surface area contributed by atoms with Crippen LogP contribution in [-0.2, 0) is 25.8 Å². The Morgan fingerprint density at radius 2 is 1.20 bits per heavy atom. The first-order valence-electron chi connectivity index (χ1n) is 1.91. The zero-order chi connectivity index (χ0) is 4.24. The smallest absolute Gasteiger partial charge is 1.00 e. The first kappa shape index (κ1) is 22.4. The van der Waals surface area contributed by atoms with E-state index in [-0.39, 0.29) is 56.8 Å². The molecule has 0 saturated heterocycles. The largest absolute Gasteiger partial charge is 4.00 e. The first-order chi connectivity index (χ1) is 3.00. The van der Waals surface area contributed by atoms with E-state index < -0.39 is 0 Å². The van der Waals surface area contributed by atoms with E-state index in [1.54, 1.807) is 0 Å². The van der Waals surface area contributed by atoms with Crippen molar-refractivity contribution >= 4 is 0 Å². The van der Waals surface area contributed by atoms with Crippen molar-refractivity contribution in [1.29, 1.82) is 0 Å². The maximum absolute atomic E-state index is 2.89. The van der Waals surface area contributed by atoms with E-state index in [9.17, 15) is 0 Å². The Balaban J connectivity index is -0.0000000450. The Kier molecular flexibility index (Phi) is 36.6. The molecule has 0 bridgehead atoms. The Bertz CT molecular complexity index is 87.7. The summed E-state index contributed by atoms with van der Waals surface area (Å²) in [4.78, 5) is 0. The summed E-state index contributed by atoms with van der Waals surface area (Å²) in [5.41, 5.74) is 0. The molecule has 54 valence electrons. The minimum Gasteiger partial charge on any atom is -1.00 e. The quantitative estimate of drug-likeness (QED) is 0.343. The number of nitrogens with two attached hydrogens (primary N) is 1. The maximum Gasteiger partial charge on any atom is 4.00 e. The fourth-order valence-electron chi connectivity index (χ4n) is 0.342. The number of hydrogen-bond acceptors (Lipinski definition) is 0. The topological polar surface area (TPSA) is 33.5 Å². The van der Waals surface area contributed by atoms with Crippen LogP contribution in [-0.4, -0.2) is 0 Å². The van der Waals surface area contributed by atoms with Crippen LogP contribution in [0.2, 0.25) is 0 Å². The van der Waals surface area contributed by atoms with E-state index in [1.807, 2.05) is 30.3 Å². The molecule has 0 aromatic heterocycles. The Morgan fingerprint density at radius 1 is 0.800 bits per heavy atom. The monoisotopic (exact) mass is 343 g/mol. The van der Waals surface area contributed by atoms with Crippen LogP contribution >= 0.6 is 0 Å². The molecule has 0 atom stereocenters. The molecule has 0 fully saturated rings. The summed E-state index contributed by atoms with van der Waals surface area (Å²) in [6, 6.07) is 12.5. The molecule has 0 spiro atoms. The van der Waals surface area contributed by atoms with Gasteiger partial charge in [0.05, 0.1) is 0 Å². The van der Waals surface area contributed by atoms with Crippen LogP contribution in [0.5, 0.6) is 0 Å². The van der Waals surface area contributed by atoms with Gasteiger partial charge in [-0.05, 0) is 0 Å². The molecule has 0 aliphatic carbocycles. The second-order valence-corrected chi connectivity index (χ2v) is 1.08. The molecule has 2 N–H and O–H groups in total. The van der Waals surface area contributed by atoms with Crippen LogP contribution in [0.25, 0.3) is 6.15 Å². The number of halogens is 2. The van der Waals surface area contributed by atoms with Gasteiger partial charge in [-0.2, -0.15) is 36.4 Å². The van der Waals surface area contributed by atoms with E-state index in [0.29, 0.717) is 0 Å². The minimum atomic E-state index is 0. The van der Waals surface area contributed by atoms with Crippen molar-refractivity contribution in [3.8, 4) is 0 Å². The third-order valence-corrected chi connectivity index (χ3v) is 0.607. The zero-order valence-corrected chi connectivity index (χ0v) is 10.3. The third kappa shape index (κ3) is 11.4. The molecule has 4 heteroatoms. The average Bonchev–Trinajstić information content (AvgIpc) is 1.72. The third-order valence-electron chi connectivity index (χ3n) is 0.607. The van der Waals surface area contributed by atoms with E-state index in [2.05, 4.69) is 6.07 Å². The van der Waals surface area contributed by atoms with Gasteiger partial charge in [0.15, 0.2) is 0 Å². The predicted molar refractivity (Wildman–Crippen MR) is 30.6 cm³/mol. The molecule has 0 amide bonds. The molecule has 0 aliphatic heterocycles. The number of rotatable bonds is 0. The average molecular weight is 343 g/mol. The molecule has 0 saturated carbocycles. The van der Waals surface area contributed by atoms with Gasteiger partial charge < -0.3 is 31.0 Å². The summed E-state index contributed by atoms with van der Waals surface area (Å²) < 4.78 is 0. The van der Waals surface area contributed by atoms with Gasteiger partial charge in [0.25, 0.3) is 0 Å². The summed E-state index contributed by atoms with van der Waals surface area (Å²) >= 11 is 0. The number of benzene rings is 1. The van der Waals surface area contributed by atoms with Crippen molar-refractivity contribution in [3.05, 3.63) is 42.5 Å². The summed E-state index contributed by atoms with van der Waals surface area (Å²) in [6.07, 6.45) is 0. The maximum atomic E-state index is 2.89. The van der Waals surface area contributed by atoms with Gasteiger partial charge in [-0.1, -0.05) is 0 Å². The van der Waals surface area contributed by atoms with Gasteiger partial charge in [-0.25, -0.2) is 0 Å². The van der Waals surface area contributed by atoms with Crippen molar-refractivity contribution in [2.75, 3.05) is 0 Å². The Morgan fingerprint density at radius 3 is 1.30 bits per heavy atom. The molecule has 10 heavy (non-hydrogen) atoms. The molecule has 0 aliphatic rings. The molecule has 0 unspecified atom stereocenters. The van der Waals surface area contributed by atoms with Gasteiger partial charge in [0.1, 0.15) is 0 Å². The van der Waals surface area contributed by atoms with Crippen LogP contribution in [0.4, 0.5) is 0 Å². The van der Waals surface area contributed by atoms with Crippen LogP contribution in [0.15, 0.2) is 30.3 Å². The van der Waals surface area contributed by atoms with Gasteiger partial charge in [-0.15, -0.1) is 0 Å². The van der Waals surface area contributed by atoms with E-state index in [0.717, 1.165) is 0 Å². The first-order valence-corrected chi connectivity index (χ1v) is 1.91. The van der Waals surface area contributed by atoms with Gasteiger partial charge in [-0.3, -0.25) is 0 Å². The standard InChI is InChI=1S/C6H5.2ClH.Hf.H2N/c1-2-4-6-5-3-1;;;;/h1-5H;2*1H;;1H2/q-1;;;+4;-1/p-2. The summed E-state index contributed by atoms with van der Waals surface area (Å²) in [5, 5.41) is 0. The zero-order valence-electron chi connectivity index (χ0n) is 5.22. The fraction of sp³-hybridized carbons (Fsp3) is 0. The summed E-state index contributed by atoms with van der Waals surface area (Å²) in [5.74, 6) is 0. The van der Waals surface area contributed by atoms with Crippen LogP contribution in [0.3, 0.4) is 0 Å². The summed E-state index contributed by atoms with van der Waals surface area (Å²) in [6.45, 7) is 0. The van der Waals surface area contributed by atoms with Crippen molar-refractivity contribution in [3.63, 3.8) is 0 Å². The molecule has 0 radical (unpaired) electrons. The van der Waals surface area contributed by atoms with Gasteiger partial charge in [0, 0.05) is 0 Å². The number of hydrogen-bond donors (Lipinski definition) is 0. The predicted octanol–water partition coefficient (Wildman–Crippen LogP) is -3.79. The van der Waals surface area contributed by atoms with E-state index in [4.69, 9.17) is 0 Å². The van der Waals surface area contributed by atoms with Crippen LogP contribution in [0, 0.1) is 6.07 Å². The molecule has 1 nitrogen and oxygen atoms in total. The van der Waals surface area contributed by atoms with E-state index in [1.165, 1.54) is 0 Å². The fourth-order valence-corrected chi connectivity index (χ4v) is 0.342. The molecular formula is C6H7Cl2HfN. The van der Waals surface area contributed by atoms with Crippen LogP contribution < -0.4 is 24.8 Å². The normalized spacial score (nSPS) is 4.80. The molecule has 0 heterocycles. The molecular weight excluding hydrogens is 335 g/mol. The Hall–Kier alpha value is 0.630. The van der Waals surface area contributed by atoms with Gasteiger partial charge >= 0.3 is 25.8 Å². The molecule has 1 aromatic carbocycles. The van der Waals surface area contributed by atoms with Crippen LogP contribution in [0.1, 0.15) is 0 Å². The molecule has 1 rings (SSSR count). The second-order valence-electron chi connectivity index (χ2n) is 1.08. The van der Waals surface area contributed by atoms with Crippen molar-refractivity contribution in [1.82, 2.24) is 0 Å². The summed E-state index contributed by atoms with van der Waals surface area (Å²) in [7, 11) is 0. The second kappa shape index (κ2) is 16.3. The SMILES string of the molecule is [Cl-].[Cl-].[Hf+4].[NH2-].[c-]1ccccc1. The Labute approximate surface area is 92.8 Å². The van der Waals surface area contributed by atoms with Crippen molar-refractivity contribution in [2.24, 2.45) is 0 Å². The van der Waals surface area contributed by atoms with Crippen molar-refractivity contribution < 1.29 is 50.7 Å². The van der Waals surface area contributed by atoms with Gasteiger partial charge in [0.2, 0.25) is 0 Å². The van der Waals surface area contributed by atoms with E-state index >= 15 is 0 Å². The molecule has 1 aromatic rings. The minimum absolute atomic E-state index is 0.